The van der Waals surface area contributed by atoms with Gasteiger partial charge in [-0.1, -0.05) is 29.8 Å². The van der Waals surface area contributed by atoms with Crippen molar-refractivity contribution in [3.05, 3.63) is 52.5 Å². The van der Waals surface area contributed by atoms with Crippen LogP contribution in [0.5, 0.6) is 0 Å². The van der Waals surface area contributed by atoms with Crippen molar-refractivity contribution in [2.24, 2.45) is 0 Å². The molecule has 0 amide bonds. The van der Waals surface area contributed by atoms with Crippen LogP contribution in [0.3, 0.4) is 0 Å². The highest BCUT2D eigenvalue weighted by Gasteiger charge is 2.18. The summed E-state index contributed by atoms with van der Waals surface area (Å²) in [6.07, 6.45) is 0. The van der Waals surface area contributed by atoms with E-state index in [9.17, 15) is 8.42 Å². The molecule has 0 unspecified atom stereocenters. The zero-order valence-electron chi connectivity index (χ0n) is 11.1. The Labute approximate surface area is 123 Å². The number of anilines is 2. The van der Waals surface area contributed by atoms with E-state index < -0.39 is 10.0 Å². The van der Waals surface area contributed by atoms with Crippen LogP contribution in [0.1, 0.15) is 11.1 Å². The minimum atomic E-state index is -3.73. The molecular formula is C14H15ClN2O2S. The molecule has 3 N–H and O–H groups in total. The first kappa shape index (κ1) is 14.7. The quantitative estimate of drug-likeness (QED) is 0.854. The molecule has 4 nitrogen and oxygen atoms in total. The summed E-state index contributed by atoms with van der Waals surface area (Å²) in [5.74, 6) is 0. The number of sulfonamides is 1. The second kappa shape index (κ2) is 5.34. The molecule has 0 aliphatic carbocycles. The maximum Gasteiger partial charge on any atom is 0.263 e. The molecule has 0 fully saturated rings. The highest BCUT2D eigenvalue weighted by molar-refractivity contribution is 7.92. The number of hydrogen-bond donors (Lipinski definition) is 2. The lowest BCUT2D eigenvalue weighted by Gasteiger charge is -2.13. The predicted octanol–water partition coefficient (Wildman–Crippen LogP) is 3.34. The topological polar surface area (TPSA) is 72.2 Å². The SMILES string of the molecule is Cc1cc(C)c(NS(=O)(=O)c2ccccc2Cl)cc1N. The Morgan fingerprint density at radius 3 is 2.40 bits per heavy atom. The van der Waals surface area contributed by atoms with Gasteiger partial charge in [-0.25, -0.2) is 8.42 Å². The van der Waals surface area contributed by atoms with Gasteiger partial charge in [0, 0.05) is 5.69 Å². The third-order valence-electron chi connectivity index (χ3n) is 2.98. The molecule has 0 spiro atoms. The summed E-state index contributed by atoms with van der Waals surface area (Å²) in [6.45, 7) is 3.69. The van der Waals surface area contributed by atoms with E-state index in [1.165, 1.54) is 12.1 Å². The molecule has 106 valence electrons. The van der Waals surface area contributed by atoms with Gasteiger partial charge in [0.2, 0.25) is 0 Å². The number of nitrogens with two attached hydrogens (primary N) is 1. The molecule has 0 saturated carbocycles. The smallest absolute Gasteiger partial charge is 0.263 e. The van der Waals surface area contributed by atoms with Crippen molar-refractivity contribution < 1.29 is 8.42 Å². The molecule has 6 heteroatoms. The average Bonchev–Trinajstić information content (AvgIpc) is 2.36. The van der Waals surface area contributed by atoms with Crippen molar-refractivity contribution >= 4 is 33.0 Å². The highest BCUT2D eigenvalue weighted by Crippen LogP contribution is 2.27. The molecule has 2 aromatic rings. The van der Waals surface area contributed by atoms with Gasteiger partial charge in [-0.2, -0.15) is 0 Å². The summed E-state index contributed by atoms with van der Waals surface area (Å²) in [7, 11) is -3.73. The number of halogens is 1. The molecule has 20 heavy (non-hydrogen) atoms. The van der Waals surface area contributed by atoms with E-state index in [0.717, 1.165) is 11.1 Å². The first-order valence-corrected chi connectivity index (χ1v) is 7.81. The van der Waals surface area contributed by atoms with Crippen LogP contribution in [0.2, 0.25) is 5.02 Å². The van der Waals surface area contributed by atoms with E-state index in [4.69, 9.17) is 17.3 Å². The van der Waals surface area contributed by atoms with Crippen LogP contribution in [-0.4, -0.2) is 8.42 Å². The van der Waals surface area contributed by atoms with Crippen molar-refractivity contribution in [3.8, 4) is 0 Å². The fraction of sp³-hybridized carbons (Fsp3) is 0.143. The standard InChI is InChI=1S/C14H15ClN2O2S/c1-9-7-10(2)13(8-12(9)16)17-20(18,19)14-6-4-3-5-11(14)15/h3-8,17H,16H2,1-2H3. The number of nitrogens with one attached hydrogen (secondary N) is 1. The van der Waals surface area contributed by atoms with Gasteiger partial charge in [-0.05, 0) is 43.2 Å². The summed E-state index contributed by atoms with van der Waals surface area (Å²) in [5.41, 5.74) is 8.51. The van der Waals surface area contributed by atoms with Crippen LogP contribution >= 0.6 is 11.6 Å². The lowest BCUT2D eigenvalue weighted by molar-refractivity contribution is 0.601. The second-order valence-electron chi connectivity index (χ2n) is 4.56. The summed E-state index contributed by atoms with van der Waals surface area (Å²) >= 11 is 5.93. The molecule has 0 heterocycles. The summed E-state index contributed by atoms with van der Waals surface area (Å²) < 4.78 is 27.2. The van der Waals surface area contributed by atoms with E-state index in [-0.39, 0.29) is 9.92 Å². The second-order valence-corrected chi connectivity index (χ2v) is 6.62. The van der Waals surface area contributed by atoms with E-state index in [0.29, 0.717) is 11.4 Å². The fourth-order valence-corrected chi connectivity index (χ4v) is 3.48. The van der Waals surface area contributed by atoms with Gasteiger partial charge in [0.15, 0.2) is 0 Å². The zero-order valence-corrected chi connectivity index (χ0v) is 12.7. The zero-order chi connectivity index (χ0) is 14.9. The molecule has 0 radical (unpaired) electrons. The molecule has 0 aliphatic heterocycles. The lowest BCUT2D eigenvalue weighted by Crippen LogP contribution is -2.14. The molecule has 0 aliphatic rings. The molecular weight excluding hydrogens is 296 g/mol. The van der Waals surface area contributed by atoms with Crippen molar-refractivity contribution in [1.82, 2.24) is 0 Å². The largest absolute Gasteiger partial charge is 0.398 e. The van der Waals surface area contributed by atoms with Gasteiger partial charge in [-0.3, -0.25) is 4.72 Å². The first-order valence-electron chi connectivity index (χ1n) is 5.95. The van der Waals surface area contributed by atoms with E-state index in [2.05, 4.69) is 4.72 Å². The van der Waals surface area contributed by atoms with Crippen LogP contribution in [0.25, 0.3) is 0 Å². The Bertz CT molecular complexity index is 758. The monoisotopic (exact) mass is 310 g/mol. The number of aryl methyl sites for hydroxylation is 2. The van der Waals surface area contributed by atoms with E-state index in [1.54, 1.807) is 18.2 Å². The van der Waals surface area contributed by atoms with E-state index >= 15 is 0 Å². The van der Waals surface area contributed by atoms with Gasteiger partial charge in [0.05, 0.1) is 10.7 Å². The Morgan fingerprint density at radius 1 is 1.10 bits per heavy atom. The highest BCUT2D eigenvalue weighted by atomic mass is 35.5. The minimum absolute atomic E-state index is 0.0419. The maximum atomic E-state index is 12.3. The molecule has 2 aromatic carbocycles. The van der Waals surface area contributed by atoms with Crippen LogP contribution in [0.15, 0.2) is 41.3 Å². The first-order chi connectivity index (χ1) is 9.31. The maximum absolute atomic E-state index is 12.3. The summed E-state index contributed by atoms with van der Waals surface area (Å²) in [4.78, 5) is 0.0419. The van der Waals surface area contributed by atoms with Gasteiger partial charge in [0.25, 0.3) is 10.0 Å². The van der Waals surface area contributed by atoms with Gasteiger partial charge >= 0.3 is 0 Å². The summed E-state index contributed by atoms with van der Waals surface area (Å²) in [6, 6.07) is 9.73. The molecule has 0 saturated heterocycles. The van der Waals surface area contributed by atoms with Crippen molar-refractivity contribution in [2.75, 3.05) is 10.5 Å². The lowest BCUT2D eigenvalue weighted by atomic mass is 10.1. The Morgan fingerprint density at radius 2 is 1.75 bits per heavy atom. The van der Waals surface area contributed by atoms with Crippen LogP contribution < -0.4 is 10.5 Å². The van der Waals surface area contributed by atoms with E-state index in [1.807, 2.05) is 19.9 Å². The Hall–Kier alpha value is -1.72. The summed E-state index contributed by atoms with van der Waals surface area (Å²) in [5, 5.41) is 0.178. The molecule has 0 atom stereocenters. The van der Waals surface area contributed by atoms with Crippen molar-refractivity contribution in [3.63, 3.8) is 0 Å². The van der Waals surface area contributed by atoms with Crippen molar-refractivity contribution in [2.45, 2.75) is 18.7 Å². The van der Waals surface area contributed by atoms with Gasteiger partial charge in [0.1, 0.15) is 4.90 Å². The van der Waals surface area contributed by atoms with Crippen LogP contribution in [0.4, 0.5) is 11.4 Å². The number of hydrogen-bond acceptors (Lipinski definition) is 3. The third kappa shape index (κ3) is 2.89. The fourth-order valence-electron chi connectivity index (χ4n) is 1.84. The third-order valence-corrected chi connectivity index (χ3v) is 4.85. The molecule has 0 aromatic heterocycles. The Kier molecular flexibility index (Phi) is 3.92. The van der Waals surface area contributed by atoms with Gasteiger partial charge in [-0.15, -0.1) is 0 Å². The normalized spacial score (nSPS) is 11.3. The average molecular weight is 311 g/mol. The van der Waals surface area contributed by atoms with Crippen LogP contribution in [0, 0.1) is 13.8 Å². The molecule has 0 bridgehead atoms. The number of benzene rings is 2. The molecule has 2 rings (SSSR count). The minimum Gasteiger partial charge on any atom is -0.398 e. The Balaban J connectivity index is 2.44. The van der Waals surface area contributed by atoms with Crippen LogP contribution in [-0.2, 0) is 10.0 Å². The predicted molar refractivity (Wildman–Crippen MR) is 82.6 cm³/mol. The number of nitrogen functional groups attached to an aromatic ring is 1. The van der Waals surface area contributed by atoms with Gasteiger partial charge < -0.3 is 5.73 Å². The van der Waals surface area contributed by atoms with Crippen molar-refractivity contribution in [1.29, 1.82) is 0 Å². The number of rotatable bonds is 3.